The Morgan fingerprint density at radius 3 is 2.97 bits per heavy atom. The molecule has 174 valence electrons. The van der Waals surface area contributed by atoms with Crippen LogP contribution in [0.5, 0.6) is 0 Å². The molecule has 1 atom stereocenters. The number of pyridine rings is 1. The summed E-state index contributed by atoms with van der Waals surface area (Å²) in [4.78, 5) is 36.7. The fourth-order valence-corrected chi connectivity index (χ4v) is 4.79. The number of amides is 2. The quantitative estimate of drug-likeness (QED) is 0.430. The highest BCUT2D eigenvalue weighted by atomic mass is 16.2. The summed E-state index contributed by atoms with van der Waals surface area (Å²) in [6, 6.07) is 7.57. The van der Waals surface area contributed by atoms with Gasteiger partial charge in [-0.15, -0.1) is 0 Å². The van der Waals surface area contributed by atoms with Gasteiger partial charge in [-0.1, -0.05) is 6.58 Å². The number of carbonyl (C=O) groups is 2. The molecule has 4 aromatic heterocycles. The molecule has 1 aliphatic heterocycles. The van der Waals surface area contributed by atoms with Crippen molar-refractivity contribution in [3.05, 3.63) is 61.2 Å². The Labute approximate surface area is 197 Å². The lowest BCUT2D eigenvalue weighted by Gasteiger charge is -2.29. The number of rotatable bonds is 7. The predicted octanol–water partition coefficient (Wildman–Crippen LogP) is 2.84. The zero-order valence-corrected chi connectivity index (χ0v) is 19.1. The summed E-state index contributed by atoms with van der Waals surface area (Å²) < 4.78 is 1.61. The van der Waals surface area contributed by atoms with Crippen molar-refractivity contribution in [2.75, 3.05) is 19.6 Å². The molecular formula is C25H27N7O2. The van der Waals surface area contributed by atoms with E-state index in [2.05, 4.69) is 32.8 Å². The average molecular weight is 458 g/mol. The van der Waals surface area contributed by atoms with Crippen molar-refractivity contribution in [1.82, 2.24) is 34.6 Å². The van der Waals surface area contributed by atoms with Gasteiger partial charge in [0.25, 0.3) is 0 Å². The van der Waals surface area contributed by atoms with Crippen molar-refractivity contribution in [3.8, 4) is 11.1 Å². The number of likely N-dealkylation sites (tertiary alicyclic amines) is 1. The Hall–Kier alpha value is -4.01. The highest BCUT2D eigenvalue weighted by Gasteiger charge is 2.35. The maximum atomic E-state index is 13.2. The predicted molar refractivity (Wildman–Crippen MR) is 129 cm³/mol. The Morgan fingerprint density at radius 2 is 2.15 bits per heavy atom. The highest BCUT2D eigenvalue weighted by molar-refractivity contribution is 5.97. The first kappa shape index (κ1) is 21.8. The number of fused-ring (bicyclic) bond motifs is 2. The minimum atomic E-state index is -0.398. The minimum absolute atomic E-state index is 0.00368. The second-order valence-electron chi connectivity index (χ2n) is 8.43. The minimum Gasteiger partial charge on any atom is -0.343 e. The van der Waals surface area contributed by atoms with Crippen molar-refractivity contribution in [1.29, 1.82) is 0 Å². The summed E-state index contributed by atoms with van der Waals surface area (Å²) in [5.74, 6) is -0.173. The Kier molecular flexibility index (Phi) is 5.83. The Bertz CT molecular complexity index is 1370. The topological polar surface area (TPSA) is 99.5 Å². The van der Waals surface area contributed by atoms with Crippen molar-refractivity contribution >= 4 is 28.4 Å². The summed E-state index contributed by atoms with van der Waals surface area (Å²) in [6.07, 6.45) is 8.79. The van der Waals surface area contributed by atoms with Gasteiger partial charge in [-0.2, -0.15) is 14.8 Å². The van der Waals surface area contributed by atoms with Gasteiger partial charge in [-0.3, -0.25) is 9.59 Å². The van der Waals surface area contributed by atoms with Crippen molar-refractivity contribution in [2.45, 2.75) is 32.2 Å². The van der Waals surface area contributed by atoms with E-state index in [1.165, 1.54) is 6.08 Å². The van der Waals surface area contributed by atoms with Crippen LogP contribution in [0.25, 0.3) is 27.7 Å². The summed E-state index contributed by atoms with van der Waals surface area (Å²) in [5, 5.41) is 9.62. The van der Waals surface area contributed by atoms with E-state index in [1.807, 2.05) is 36.2 Å². The molecule has 2 amide bonds. The van der Waals surface area contributed by atoms with Crippen molar-refractivity contribution in [2.24, 2.45) is 0 Å². The van der Waals surface area contributed by atoms with Gasteiger partial charge in [0.2, 0.25) is 11.8 Å². The van der Waals surface area contributed by atoms with Crippen LogP contribution in [0.3, 0.4) is 0 Å². The van der Waals surface area contributed by atoms with Crippen LogP contribution in [0.4, 0.5) is 0 Å². The van der Waals surface area contributed by atoms with E-state index in [0.29, 0.717) is 32.5 Å². The molecule has 5 rings (SSSR count). The number of aromatic nitrogens is 5. The van der Waals surface area contributed by atoms with Crippen molar-refractivity contribution in [3.63, 3.8) is 0 Å². The number of hydrogen-bond donors (Lipinski definition) is 1. The number of nitrogens with one attached hydrogen (secondary N) is 1. The zero-order valence-electron chi connectivity index (χ0n) is 19.1. The van der Waals surface area contributed by atoms with Crippen LogP contribution in [-0.2, 0) is 16.0 Å². The van der Waals surface area contributed by atoms with E-state index in [-0.39, 0.29) is 11.8 Å². The summed E-state index contributed by atoms with van der Waals surface area (Å²) >= 11 is 0. The number of hydrogen-bond acceptors (Lipinski definition) is 5. The highest BCUT2D eigenvalue weighted by Crippen LogP contribution is 2.31. The van der Waals surface area contributed by atoms with Crippen molar-refractivity contribution < 1.29 is 9.59 Å². The normalized spacial score (nSPS) is 15.8. The monoisotopic (exact) mass is 457 g/mol. The maximum absolute atomic E-state index is 13.2. The van der Waals surface area contributed by atoms with Gasteiger partial charge in [0.1, 0.15) is 11.7 Å². The number of aromatic amines is 1. The Morgan fingerprint density at radius 1 is 1.26 bits per heavy atom. The second-order valence-corrected chi connectivity index (χ2v) is 8.43. The third-order valence-corrected chi connectivity index (χ3v) is 6.52. The smallest absolute Gasteiger partial charge is 0.246 e. The molecular weight excluding hydrogens is 430 g/mol. The van der Waals surface area contributed by atoms with Gasteiger partial charge >= 0.3 is 0 Å². The number of likely N-dealkylation sites (N-methyl/N-ethyl adjacent to an activating group) is 1. The number of H-pyrrole nitrogens is 1. The van der Waals surface area contributed by atoms with Crippen LogP contribution in [0.2, 0.25) is 0 Å². The SMILES string of the molecule is C=CC(=O)N1CCCC1C(=O)N(CC)CCc1cc2c(-c3cnn4ncccc34)ccnc2[nH]1. The fraction of sp³-hybridized carbons (Fsp3) is 0.320. The van der Waals surface area contributed by atoms with E-state index in [0.717, 1.165) is 39.8 Å². The van der Waals surface area contributed by atoms with Gasteiger partial charge in [0.15, 0.2) is 0 Å². The summed E-state index contributed by atoms with van der Waals surface area (Å²) in [7, 11) is 0. The van der Waals surface area contributed by atoms with Gasteiger partial charge in [-0.05, 0) is 55.7 Å². The van der Waals surface area contributed by atoms with Crippen LogP contribution in [-0.4, -0.2) is 72.1 Å². The molecule has 9 heteroatoms. The first-order valence-electron chi connectivity index (χ1n) is 11.6. The molecule has 1 fully saturated rings. The van der Waals surface area contributed by atoms with Gasteiger partial charge in [-0.25, -0.2) is 4.98 Å². The third kappa shape index (κ3) is 3.83. The molecule has 0 spiro atoms. The van der Waals surface area contributed by atoms with Crippen LogP contribution in [0.15, 0.2) is 55.5 Å². The molecule has 34 heavy (non-hydrogen) atoms. The molecule has 0 aliphatic carbocycles. The molecule has 0 saturated carbocycles. The Balaban J connectivity index is 1.36. The zero-order chi connectivity index (χ0) is 23.7. The largest absolute Gasteiger partial charge is 0.343 e. The lowest BCUT2D eigenvalue weighted by Crippen LogP contribution is -2.47. The van der Waals surface area contributed by atoms with E-state index >= 15 is 0 Å². The van der Waals surface area contributed by atoms with E-state index < -0.39 is 6.04 Å². The second kappa shape index (κ2) is 9.09. The van der Waals surface area contributed by atoms with Gasteiger partial charge in [0.05, 0.1) is 11.7 Å². The molecule has 1 saturated heterocycles. The first-order valence-corrected chi connectivity index (χ1v) is 11.6. The van der Waals surface area contributed by atoms with E-state index in [4.69, 9.17) is 0 Å². The van der Waals surface area contributed by atoms with Gasteiger partial charge in [0, 0.05) is 55.1 Å². The standard InChI is InChI=1S/C25H27N7O2/c1-3-23(33)31-13-6-8-22(31)25(34)30(4-2)14-10-17-15-19-18(9-12-26-24(19)29-17)20-16-28-32-21(20)7-5-11-27-32/h3,5,7,9,11-12,15-16,22H,1,4,6,8,10,13-14H2,2H3,(H,26,29). The molecule has 5 heterocycles. The molecule has 1 N–H and O–H groups in total. The first-order chi connectivity index (χ1) is 16.6. The molecule has 0 aromatic carbocycles. The number of carbonyl (C=O) groups excluding carboxylic acids is 2. The molecule has 0 bridgehead atoms. The van der Waals surface area contributed by atoms with E-state index in [1.54, 1.807) is 21.9 Å². The fourth-order valence-electron chi connectivity index (χ4n) is 4.79. The molecule has 1 unspecified atom stereocenters. The van der Waals surface area contributed by atoms with Crippen LogP contribution in [0.1, 0.15) is 25.5 Å². The third-order valence-electron chi connectivity index (χ3n) is 6.52. The molecule has 1 aliphatic rings. The lowest BCUT2D eigenvalue weighted by atomic mass is 10.1. The molecule has 4 aromatic rings. The summed E-state index contributed by atoms with van der Waals surface area (Å²) in [6.45, 7) is 7.29. The summed E-state index contributed by atoms with van der Waals surface area (Å²) in [5.41, 5.74) is 4.74. The molecule has 0 radical (unpaired) electrons. The molecule has 9 nitrogen and oxygen atoms in total. The van der Waals surface area contributed by atoms with Crippen LogP contribution >= 0.6 is 0 Å². The average Bonchev–Trinajstić information content (AvgIpc) is 3.61. The van der Waals surface area contributed by atoms with Crippen LogP contribution in [0, 0.1) is 0 Å². The van der Waals surface area contributed by atoms with Crippen LogP contribution < -0.4 is 0 Å². The van der Waals surface area contributed by atoms with Gasteiger partial charge < -0.3 is 14.8 Å². The number of nitrogens with zero attached hydrogens (tertiary/aromatic N) is 6. The lowest BCUT2D eigenvalue weighted by molar-refractivity contribution is -0.141. The van der Waals surface area contributed by atoms with E-state index in [9.17, 15) is 9.59 Å². The maximum Gasteiger partial charge on any atom is 0.246 e.